The van der Waals surface area contributed by atoms with Crippen molar-refractivity contribution in [3.8, 4) is 0 Å². The Morgan fingerprint density at radius 3 is 1.76 bits per heavy atom. The third-order valence-electron chi connectivity index (χ3n) is 2.48. The Kier molecular flexibility index (Phi) is 5.47. The lowest BCUT2D eigenvalue weighted by Crippen LogP contribution is -2.45. The molecule has 0 saturated heterocycles. The molecule has 17 heavy (non-hydrogen) atoms. The summed E-state index contributed by atoms with van der Waals surface area (Å²) >= 11 is 0. The van der Waals surface area contributed by atoms with Gasteiger partial charge in [0.15, 0.2) is 5.79 Å². The van der Waals surface area contributed by atoms with Crippen molar-refractivity contribution in [1.82, 2.24) is 0 Å². The minimum atomic E-state index is -4.34. The molecule has 0 amide bonds. The normalized spacial score (nSPS) is 17.3. The highest BCUT2D eigenvalue weighted by Crippen LogP contribution is 2.37. The lowest BCUT2D eigenvalue weighted by Gasteiger charge is -2.40. The lowest BCUT2D eigenvalue weighted by atomic mass is 9.83. The highest BCUT2D eigenvalue weighted by molar-refractivity contribution is 4.81. The molecule has 0 aromatic heterocycles. The van der Waals surface area contributed by atoms with Crippen LogP contribution in [0.1, 0.15) is 41.0 Å². The van der Waals surface area contributed by atoms with Gasteiger partial charge in [-0.05, 0) is 5.41 Å². The number of hydrogen-bond acceptors (Lipinski definition) is 2. The van der Waals surface area contributed by atoms with Gasteiger partial charge >= 0.3 is 6.18 Å². The fraction of sp³-hybridized carbons (Fsp3) is 1.00. The molecule has 0 aromatic carbocycles. The van der Waals surface area contributed by atoms with E-state index in [0.717, 1.165) is 0 Å². The number of ether oxygens (including phenoxy) is 2. The molecule has 0 aliphatic rings. The molecule has 0 radical (unpaired) electrons. The summed E-state index contributed by atoms with van der Waals surface area (Å²) in [4.78, 5) is 0. The molecule has 0 aliphatic heterocycles. The number of rotatable bonds is 5. The first-order valence-corrected chi connectivity index (χ1v) is 5.68. The quantitative estimate of drug-likeness (QED) is 0.692. The third kappa shape index (κ3) is 6.27. The van der Waals surface area contributed by atoms with Gasteiger partial charge in [-0.15, -0.1) is 0 Å². The van der Waals surface area contributed by atoms with E-state index < -0.39 is 18.6 Å². The molecule has 1 unspecified atom stereocenters. The van der Waals surface area contributed by atoms with Crippen molar-refractivity contribution in [2.24, 2.45) is 11.3 Å². The smallest absolute Gasteiger partial charge is 0.353 e. The zero-order valence-electron chi connectivity index (χ0n) is 11.4. The molecular formula is C12H23F3O2. The van der Waals surface area contributed by atoms with Gasteiger partial charge in [0.25, 0.3) is 0 Å². The Morgan fingerprint density at radius 2 is 1.53 bits per heavy atom. The molecule has 0 spiro atoms. The van der Waals surface area contributed by atoms with Crippen LogP contribution in [-0.4, -0.2) is 25.7 Å². The van der Waals surface area contributed by atoms with Crippen LogP contribution in [0.15, 0.2) is 0 Å². The third-order valence-corrected chi connectivity index (χ3v) is 2.48. The van der Waals surface area contributed by atoms with Crippen LogP contribution in [0.4, 0.5) is 13.2 Å². The topological polar surface area (TPSA) is 18.5 Å². The minimum Gasteiger partial charge on any atom is -0.353 e. The molecule has 0 bridgehead atoms. The Bertz CT molecular complexity index is 231. The van der Waals surface area contributed by atoms with Crippen LogP contribution in [0.25, 0.3) is 0 Å². The number of hydrogen-bond donors (Lipinski definition) is 0. The predicted molar refractivity (Wildman–Crippen MR) is 60.7 cm³/mol. The maximum Gasteiger partial charge on any atom is 0.411 e. The summed E-state index contributed by atoms with van der Waals surface area (Å²) in [5, 5.41) is 0. The van der Waals surface area contributed by atoms with E-state index in [9.17, 15) is 13.2 Å². The molecule has 104 valence electrons. The second-order valence-electron chi connectivity index (χ2n) is 5.81. The Morgan fingerprint density at radius 1 is 1.06 bits per heavy atom. The van der Waals surface area contributed by atoms with Crippen LogP contribution in [0.3, 0.4) is 0 Å². The van der Waals surface area contributed by atoms with Crippen molar-refractivity contribution in [1.29, 1.82) is 0 Å². The maximum absolute atomic E-state index is 12.2. The number of methoxy groups -OCH3 is 1. The Labute approximate surface area is 101 Å². The summed E-state index contributed by atoms with van der Waals surface area (Å²) in [7, 11) is 1.39. The van der Waals surface area contributed by atoms with Gasteiger partial charge in [0.2, 0.25) is 0 Å². The van der Waals surface area contributed by atoms with Crippen LogP contribution in [-0.2, 0) is 9.47 Å². The van der Waals surface area contributed by atoms with E-state index in [1.54, 1.807) is 13.8 Å². The predicted octanol–water partition coefficient (Wildman–Crippen LogP) is 4.00. The van der Waals surface area contributed by atoms with Gasteiger partial charge in [-0.1, -0.05) is 34.6 Å². The maximum atomic E-state index is 12.2. The zero-order valence-corrected chi connectivity index (χ0v) is 11.4. The SMILES string of the molecule is COC(CC(C)(C)C)(OCC(F)(F)F)C(C)C. The van der Waals surface area contributed by atoms with Gasteiger partial charge in [0.05, 0.1) is 0 Å². The summed E-state index contributed by atoms with van der Waals surface area (Å²) in [6.07, 6.45) is -3.93. The lowest BCUT2D eigenvalue weighted by molar-refractivity contribution is -0.301. The summed E-state index contributed by atoms with van der Waals surface area (Å²) in [6.45, 7) is 8.15. The van der Waals surface area contributed by atoms with Gasteiger partial charge in [-0.3, -0.25) is 0 Å². The minimum absolute atomic E-state index is 0.158. The molecule has 5 heteroatoms. The van der Waals surface area contributed by atoms with Gasteiger partial charge in [-0.25, -0.2) is 0 Å². The fourth-order valence-corrected chi connectivity index (χ4v) is 1.73. The van der Waals surface area contributed by atoms with Gasteiger partial charge in [-0.2, -0.15) is 13.2 Å². The van der Waals surface area contributed by atoms with Gasteiger partial charge in [0.1, 0.15) is 6.61 Å². The number of alkyl halides is 3. The first-order valence-electron chi connectivity index (χ1n) is 5.68. The average molecular weight is 256 g/mol. The van der Waals surface area contributed by atoms with Crippen LogP contribution in [0.2, 0.25) is 0 Å². The molecule has 2 nitrogen and oxygen atoms in total. The van der Waals surface area contributed by atoms with Crippen LogP contribution in [0.5, 0.6) is 0 Å². The first-order chi connectivity index (χ1) is 7.42. The summed E-state index contributed by atoms with van der Waals surface area (Å²) in [5.74, 6) is -1.35. The van der Waals surface area contributed by atoms with Crippen molar-refractivity contribution < 1.29 is 22.6 Å². The van der Waals surface area contributed by atoms with Crippen LogP contribution < -0.4 is 0 Å². The molecule has 0 aliphatic carbocycles. The largest absolute Gasteiger partial charge is 0.411 e. The molecule has 1 atom stereocenters. The summed E-state index contributed by atoms with van der Waals surface area (Å²) in [6, 6.07) is 0. The highest BCUT2D eigenvalue weighted by Gasteiger charge is 2.42. The van der Waals surface area contributed by atoms with Gasteiger partial charge in [0, 0.05) is 19.4 Å². The van der Waals surface area contributed by atoms with Crippen molar-refractivity contribution in [2.45, 2.75) is 53.0 Å². The van der Waals surface area contributed by atoms with E-state index in [4.69, 9.17) is 9.47 Å². The van der Waals surface area contributed by atoms with E-state index in [1.165, 1.54) is 7.11 Å². The van der Waals surface area contributed by atoms with Crippen molar-refractivity contribution >= 4 is 0 Å². The monoisotopic (exact) mass is 256 g/mol. The first kappa shape index (κ1) is 16.7. The summed E-state index contributed by atoms with van der Waals surface area (Å²) < 4.78 is 47.0. The number of halogens is 3. The molecule has 0 fully saturated rings. The van der Waals surface area contributed by atoms with Crippen LogP contribution in [0, 0.1) is 11.3 Å². The van der Waals surface area contributed by atoms with Crippen LogP contribution >= 0.6 is 0 Å². The van der Waals surface area contributed by atoms with Crippen molar-refractivity contribution in [3.05, 3.63) is 0 Å². The molecule has 0 aromatic rings. The molecule has 0 heterocycles. The standard InChI is InChI=1S/C12H23F3O2/c1-9(2)11(16-6,7-10(3,4)5)17-8-12(13,14)15/h9H,7-8H2,1-6H3. The fourth-order valence-electron chi connectivity index (χ4n) is 1.73. The molecular weight excluding hydrogens is 233 g/mol. The zero-order chi connectivity index (χ0) is 13.9. The second kappa shape index (κ2) is 5.57. The summed E-state index contributed by atoms with van der Waals surface area (Å²) in [5.41, 5.74) is -0.175. The van der Waals surface area contributed by atoms with E-state index in [2.05, 4.69) is 0 Å². The van der Waals surface area contributed by atoms with Crippen molar-refractivity contribution in [3.63, 3.8) is 0 Å². The molecule has 0 rings (SSSR count). The Balaban J connectivity index is 4.84. The van der Waals surface area contributed by atoms with E-state index in [-0.39, 0.29) is 11.3 Å². The molecule has 0 N–H and O–H groups in total. The molecule has 0 saturated carbocycles. The van der Waals surface area contributed by atoms with E-state index >= 15 is 0 Å². The van der Waals surface area contributed by atoms with Crippen molar-refractivity contribution in [2.75, 3.05) is 13.7 Å². The average Bonchev–Trinajstić information content (AvgIpc) is 2.08. The van der Waals surface area contributed by atoms with E-state index in [1.807, 2.05) is 20.8 Å². The highest BCUT2D eigenvalue weighted by atomic mass is 19.4. The Hall–Kier alpha value is -0.290. The van der Waals surface area contributed by atoms with Gasteiger partial charge < -0.3 is 9.47 Å². The van der Waals surface area contributed by atoms with E-state index in [0.29, 0.717) is 6.42 Å². The second-order valence-corrected chi connectivity index (χ2v) is 5.81.